The summed E-state index contributed by atoms with van der Waals surface area (Å²) in [6.07, 6.45) is 3.17. The van der Waals surface area contributed by atoms with Crippen LogP contribution in [0.4, 0.5) is 4.39 Å². The van der Waals surface area contributed by atoms with E-state index in [2.05, 4.69) is 12.0 Å². The van der Waals surface area contributed by atoms with Gasteiger partial charge in [-0.3, -0.25) is 11.3 Å². The highest BCUT2D eigenvalue weighted by atomic mass is 35.5. The molecule has 1 aromatic rings. The Morgan fingerprint density at radius 2 is 2.33 bits per heavy atom. The summed E-state index contributed by atoms with van der Waals surface area (Å²) in [4.78, 5) is 0. The van der Waals surface area contributed by atoms with Crippen molar-refractivity contribution in [1.29, 1.82) is 0 Å². The molecule has 15 heavy (non-hydrogen) atoms. The Bertz CT molecular complexity index is 341. The third-order valence-electron chi connectivity index (χ3n) is 2.17. The smallest absolute Gasteiger partial charge is 0.124 e. The van der Waals surface area contributed by atoms with E-state index >= 15 is 0 Å². The van der Waals surface area contributed by atoms with Crippen LogP contribution in [-0.4, -0.2) is 6.04 Å². The van der Waals surface area contributed by atoms with Gasteiger partial charge in [0.25, 0.3) is 0 Å². The summed E-state index contributed by atoms with van der Waals surface area (Å²) in [5.41, 5.74) is 3.55. The van der Waals surface area contributed by atoms with Gasteiger partial charge in [-0.2, -0.15) is 0 Å². The summed E-state index contributed by atoms with van der Waals surface area (Å²) in [6, 6.07) is 4.44. The van der Waals surface area contributed by atoms with Crippen LogP contribution in [0.25, 0.3) is 0 Å². The fourth-order valence-electron chi connectivity index (χ4n) is 1.36. The van der Waals surface area contributed by atoms with E-state index in [9.17, 15) is 4.39 Å². The second-order valence-electron chi connectivity index (χ2n) is 3.33. The lowest BCUT2D eigenvalue weighted by atomic mass is 10.0. The number of halogens is 2. The number of benzene rings is 1. The predicted octanol–water partition coefficient (Wildman–Crippen LogP) is 2.43. The lowest BCUT2D eigenvalue weighted by Crippen LogP contribution is -2.36. The molecule has 1 rings (SSSR count). The molecule has 0 spiro atoms. The molecule has 3 N–H and O–H groups in total. The molecular formula is C11H14ClFN2. The molecule has 0 aliphatic carbocycles. The fourth-order valence-corrected chi connectivity index (χ4v) is 1.61. The zero-order valence-corrected chi connectivity index (χ0v) is 9.10. The normalized spacial score (nSPS) is 12.5. The van der Waals surface area contributed by atoms with Crippen LogP contribution in [-0.2, 0) is 6.42 Å². The number of nitrogens with one attached hydrogen (secondary N) is 1. The van der Waals surface area contributed by atoms with Crippen molar-refractivity contribution in [1.82, 2.24) is 5.43 Å². The first-order valence-corrected chi connectivity index (χ1v) is 5.06. The summed E-state index contributed by atoms with van der Waals surface area (Å²) in [6.45, 7) is 3.64. The predicted molar refractivity (Wildman–Crippen MR) is 61.0 cm³/mol. The Kier molecular flexibility index (Phi) is 4.75. The standard InChI is InChI=1S/C11H14ClFN2/c1-2-3-10(15-14)6-8-4-5-9(13)7-11(8)12/h2,4-5,7,10,15H,1,3,6,14H2. The van der Waals surface area contributed by atoms with Gasteiger partial charge in [-0.25, -0.2) is 4.39 Å². The molecule has 0 aliphatic rings. The van der Waals surface area contributed by atoms with Gasteiger partial charge in [0.05, 0.1) is 0 Å². The quantitative estimate of drug-likeness (QED) is 0.462. The molecule has 4 heteroatoms. The lowest BCUT2D eigenvalue weighted by Gasteiger charge is -2.14. The Morgan fingerprint density at radius 1 is 1.60 bits per heavy atom. The van der Waals surface area contributed by atoms with Gasteiger partial charge in [0, 0.05) is 11.1 Å². The first kappa shape index (κ1) is 12.2. The second-order valence-corrected chi connectivity index (χ2v) is 3.74. The number of nitrogens with two attached hydrogens (primary N) is 1. The highest BCUT2D eigenvalue weighted by Crippen LogP contribution is 2.19. The van der Waals surface area contributed by atoms with Crippen LogP contribution in [0.5, 0.6) is 0 Å². The Labute approximate surface area is 93.9 Å². The van der Waals surface area contributed by atoms with Gasteiger partial charge in [0.1, 0.15) is 5.82 Å². The summed E-state index contributed by atoms with van der Waals surface area (Å²) in [7, 11) is 0. The van der Waals surface area contributed by atoms with Crippen molar-refractivity contribution in [3.05, 3.63) is 47.3 Å². The van der Waals surface area contributed by atoms with E-state index in [0.29, 0.717) is 11.4 Å². The molecule has 0 saturated carbocycles. The minimum atomic E-state index is -0.329. The van der Waals surface area contributed by atoms with Gasteiger partial charge in [-0.1, -0.05) is 23.7 Å². The van der Waals surface area contributed by atoms with E-state index in [-0.39, 0.29) is 11.9 Å². The molecule has 0 fully saturated rings. The van der Waals surface area contributed by atoms with Crippen molar-refractivity contribution in [2.45, 2.75) is 18.9 Å². The first-order valence-electron chi connectivity index (χ1n) is 4.68. The average Bonchev–Trinajstić information content (AvgIpc) is 2.21. The van der Waals surface area contributed by atoms with Gasteiger partial charge in [-0.05, 0) is 30.5 Å². The average molecular weight is 229 g/mol. The van der Waals surface area contributed by atoms with Crippen LogP contribution in [0.1, 0.15) is 12.0 Å². The van der Waals surface area contributed by atoms with E-state index < -0.39 is 0 Å². The fraction of sp³-hybridized carbons (Fsp3) is 0.273. The van der Waals surface area contributed by atoms with Crippen LogP contribution >= 0.6 is 11.6 Å². The zero-order valence-electron chi connectivity index (χ0n) is 8.34. The maximum absolute atomic E-state index is 12.8. The molecule has 1 unspecified atom stereocenters. The third kappa shape index (κ3) is 3.63. The number of hydrazine groups is 1. The van der Waals surface area contributed by atoms with Gasteiger partial charge in [0.2, 0.25) is 0 Å². The molecule has 0 saturated heterocycles. The Morgan fingerprint density at radius 3 is 2.87 bits per heavy atom. The van der Waals surface area contributed by atoms with Crippen molar-refractivity contribution in [2.24, 2.45) is 5.84 Å². The Balaban J connectivity index is 2.74. The maximum Gasteiger partial charge on any atom is 0.124 e. The van der Waals surface area contributed by atoms with Crippen molar-refractivity contribution in [3.8, 4) is 0 Å². The molecule has 2 nitrogen and oxygen atoms in total. The highest BCUT2D eigenvalue weighted by molar-refractivity contribution is 6.31. The number of hydrogen-bond donors (Lipinski definition) is 2. The maximum atomic E-state index is 12.8. The molecule has 0 radical (unpaired) electrons. The van der Waals surface area contributed by atoms with E-state index in [1.165, 1.54) is 12.1 Å². The zero-order chi connectivity index (χ0) is 11.3. The molecule has 0 amide bonds. The van der Waals surface area contributed by atoms with Crippen LogP contribution < -0.4 is 11.3 Å². The third-order valence-corrected chi connectivity index (χ3v) is 2.52. The van der Waals surface area contributed by atoms with Crippen molar-refractivity contribution in [3.63, 3.8) is 0 Å². The van der Waals surface area contributed by atoms with Crippen molar-refractivity contribution < 1.29 is 4.39 Å². The molecule has 0 aliphatic heterocycles. The molecule has 1 atom stereocenters. The van der Waals surface area contributed by atoms with Crippen LogP contribution in [0, 0.1) is 5.82 Å². The summed E-state index contributed by atoms with van der Waals surface area (Å²) < 4.78 is 12.8. The van der Waals surface area contributed by atoms with Crippen molar-refractivity contribution in [2.75, 3.05) is 0 Å². The van der Waals surface area contributed by atoms with Gasteiger partial charge < -0.3 is 0 Å². The number of rotatable bonds is 5. The van der Waals surface area contributed by atoms with E-state index in [0.717, 1.165) is 12.0 Å². The molecule has 0 bridgehead atoms. The van der Waals surface area contributed by atoms with Crippen molar-refractivity contribution >= 4 is 11.6 Å². The van der Waals surface area contributed by atoms with Crippen LogP contribution in [0.3, 0.4) is 0 Å². The topological polar surface area (TPSA) is 38.0 Å². The molecule has 1 aromatic carbocycles. The lowest BCUT2D eigenvalue weighted by molar-refractivity contribution is 0.530. The minimum absolute atomic E-state index is 0.0745. The van der Waals surface area contributed by atoms with E-state index in [4.69, 9.17) is 17.4 Å². The second kappa shape index (κ2) is 5.85. The first-order chi connectivity index (χ1) is 7.17. The number of hydrogen-bond acceptors (Lipinski definition) is 2. The minimum Gasteiger partial charge on any atom is -0.271 e. The van der Waals surface area contributed by atoms with Crippen LogP contribution in [0.2, 0.25) is 5.02 Å². The van der Waals surface area contributed by atoms with Gasteiger partial charge >= 0.3 is 0 Å². The van der Waals surface area contributed by atoms with Gasteiger partial charge in [-0.15, -0.1) is 6.58 Å². The molecule has 82 valence electrons. The molecule has 0 aromatic heterocycles. The highest BCUT2D eigenvalue weighted by Gasteiger charge is 2.09. The summed E-state index contributed by atoms with van der Waals surface area (Å²) in [5.74, 6) is 5.04. The van der Waals surface area contributed by atoms with E-state index in [1.54, 1.807) is 12.1 Å². The molecule has 0 heterocycles. The Hall–Kier alpha value is -0.900. The summed E-state index contributed by atoms with van der Waals surface area (Å²) >= 11 is 5.90. The largest absolute Gasteiger partial charge is 0.271 e. The van der Waals surface area contributed by atoms with Gasteiger partial charge in [0.15, 0.2) is 0 Å². The summed E-state index contributed by atoms with van der Waals surface area (Å²) in [5, 5.41) is 0.430. The van der Waals surface area contributed by atoms with Crippen LogP contribution in [0.15, 0.2) is 30.9 Å². The van der Waals surface area contributed by atoms with E-state index in [1.807, 2.05) is 0 Å². The molecular weight excluding hydrogens is 215 g/mol. The SMILES string of the molecule is C=CCC(Cc1ccc(F)cc1Cl)NN. The monoisotopic (exact) mass is 228 g/mol.